The summed E-state index contributed by atoms with van der Waals surface area (Å²) in [5, 5.41) is 0. The zero-order chi connectivity index (χ0) is 16.1. The summed E-state index contributed by atoms with van der Waals surface area (Å²) in [6.45, 7) is 3.28. The van der Waals surface area contributed by atoms with Crippen molar-refractivity contribution >= 4 is 5.97 Å². The smallest absolute Gasteiger partial charge is 0.389 e. The standard InChI is InChI=1S/C15H20F3NO2/c1-3-21-13(20)14(10-19,7-8-15(16,17)18)12-6-4-5-11(2)9-12/h4-6,9H,3,7-8,10,19H2,1-2H3. The molecule has 21 heavy (non-hydrogen) atoms. The molecule has 118 valence electrons. The lowest BCUT2D eigenvalue weighted by atomic mass is 9.76. The Bertz CT molecular complexity index is 488. The maximum atomic E-state index is 12.6. The Hall–Kier alpha value is -1.56. The van der Waals surface area contributed by atoms with Crippen LogP contribution < -0.4 is 5.73 Å². The average molecular weight is 303 g/mol. The second kappa shape index (κ2) is 6.93. The molecule has 1 aromatic carbocycles. The van der Waals surface area contributed by atoms with Crippen molar-refractivity contribution in [1.29, 1.82) is 0 Å². The van der Waals surface area contributed by atoms with Gasteiger partial charge in [0.15, 0.2) is 0 Å². The molecule has 0 spiro atoms. The number of aryl methyl sites for hydroxylation is 1. The molecular weight excluding hydrogens is 283 g/mol. The summed E-state index contributed by atoms with van der Waals surface area (Å²) < 4.78 is 42.7. The Morgan fingerprint density at radius 2 is 1.95 bits per heavy atom. The number of nitrogens with two attached hydrogens (primary N) is 1. The molecule has 0 saturated heterocycles. The van der Waals surface area contributed by atoms with Crippen molar-refractivity contribution in [2.45, 2.75) is 38.3 Å². The maximum Gasteiger partial charge on any atom is 0.389 e. The van der Waals surface area contributed by atoms with E-state index < -0.39 is 30.4 Å². The van der Waals surface area contributed by atoms with Crippen LogP contribution in [0.4, 0.5) is 13.2 Å². The van der Waals surface area contributed by atoms with Gasteiger partial charge in [-0.15, -0.1) is 0 Å². The molecular formula is C15H20F3NO2. The second-order valence-electron chi connectivity index (χ2n) is 4.99. The highest BCUT2D eigenvalue weighted by molar-refractivity contribution is 5.83. The predicted molar refractivity (Wildman–Crippen MR) is 73.8 cm³/mol. The summed E-state index contributed by atoms with van der Waals surface area (Å²) in [7, 11) is 0. The summed E-state index contributed by atoms with van der Waals surface area (Å²) in [6, 6.07) is 6.80. The van der Waals surface area contributed by atoms with Gasteiger partial charge in [0.25, 0.3) is 0 Å². The van der Waals surface area contributed by atoms with Crippen LogP contribution in [-0.2, 0) is 14.9 Å². The van der Waals surface area contributed by atoms with Gasteiger partial charge in [-0.1, -0.05) is 29.8 Å². The van der Waals surface area contributed by atoms with E-state index in [2.05, 4.69) is 0 Å². The third-order valence-corrected chi connectivity index (χ3v) is 3.42. The quantitative estimate of drug-likeness (QED) is 0.822. The topological polar surface area (TPSA) is 52.3 Å². The van der Waals surface area contributed by atoms with E-state index in [1.807, 2.05) is 0 Å². The van der Waals surface area contributed by atoms with Gasteiger partial charge in [-0.2, -0.15) is 13.2 Å². The molecule has 0 aliphatic heterocycles. The van der Waals surface area contributed by atoms with E-state index in [4.69, 9.17) is 10.5 Å². The fraction of sp³-hybridized carbons (Fsp3) is 0.533. The van der Waals surface area contributed by atoms with E-state index in [1.165, 1.54) is 0 Å². The first kappa shape index (κ1) is 17.5. The number of esters is 1. The number of rotatable bonds is 6. The Morgan fingerprint density at radius 3 is 2.43 bits per heavy atom. The molecule has 0 aliphatic carbocycles. The van der Waals surface area contributed by atoms with Gasteiger partial charge in [-0.25, -0.2) is 0 Å². The van der Waals surface area contributed by atoms with Gasteiger partial charge in [0.1, 0.15) is 5.41 Å². The number of benzene rings is 1. The van der Waals surface area contributed by atoms with Crippen molar-refractivity contribution in [3.63, 3.8) is 0 Å². The van der Waals surface area contributed by atoms with Crippen LogP contribution in [0.25, 0.3) is 0 Å². The van der Waals surface area contributed by atoms with Crippen LogP contribution in [0, 0.1) is 6.92 Å². The summed E-state index contributed by atoms with van der Waals surface area (Å²) in [5.74, 6) is -0.706. The first-order chi connectivity index (χ1) is 9.75. The Morgan fingerprint density at radius 1 is 1.29 bits per heavy atom. The van der Waals surface area contributed by atoms with Gasteiger partial charge in [-0.3, -0.25) is 4.79 Å². The molecule has 0 heterocycles. The van der Waals surface area contributed by atoms with Crippen LogP contribution in [0.1, 0.15) is 30.9 Å². The minimum Gasteiger partial charge on any atom is -0.465 e. The summed E-state index contributed by atoms with van der Waals surface area (Å²) >= 11 is 0. The molecule has 0 aromatic heterocycles. The molecule has 1 rings (SSSR count). The number of hydrogen-bond acceptors (Lipinski definition) is 3. The SMILES string of the molecule is CCOC(=O)C(CN)(CCC(F)(F)F)c1cccc(C)c1. The van der Waals surface area contributed by atoms with Crippen LogP contribution in [-0.4, -0.2) is 25.3 Å². The second-order valence-corrected chi connectivity index (χ2v) is 4.99. The zero-order valence-electron chi connectivity index (χ0n) is 12.2. The molecule has 0 saturated carbocycles. The molecule has 1 aromatic rings. The molecule has 6 heteroatoms. The normalized spacial score (nSPS) is 14.6. The fourth-order valence-electron chi connectivity index (χ4n) is 2.23. The van der Waals surface area contributed by atoms with E-state index in [-0.39, 0.29) is 13.2 Å². The lowest BCUT2D eigenvalue weighted by molar-refractivity contribution is -0.156. The van der Waals surface area contributed by atoms with Gasteiger partial charge in [0, 0.05) is 13.0 Å². The van der Waals surface area contributed by atoms with E-state index >= 15 is 0 Å². The molecule has 1 atom stereocenters. The van der Waals surface area contributed by atoms with Crippen molar-refractivity contribution in [3.8, 4) is 0 Å². The maximum absolute atomic E-state index is 12.6. The van der Waals surface area contributed by atoms with Crippen LogP contribution in [0.5, 0.6) is 0 Å². The number of halogens is 3. The van der Waals surface area contributed by atoms with E-state index in [1.54, 1.807) is 38.1 Å². The summed E-state index contributed by atoms with van der Waals surface area (Å²) in [6.07, 6.45) is -5.86. The first-order valence-electron chi connectivity index (χ1n) is 6.76. The molecule has 0 fully saturated rings. The van der Waals surface area contributed by atoms with E-state index in [0.717, 1.165) is 5.56 Å². The van der Waals surface area contributed by atoms with Crippen molar-refractivity contribution in [3.05, 3.63) is 35.4 Å². The lowest BCUT2D eigenvalue weighted by Gasteiger charge is -2.31. The molecule has 0 aliphatic rings. The van der Waals surface area contributed by atoms with Crippen molar-refractivity contribution in [2.75, 3.05) is 13.2 Å². The van der Waals surface area contributed by atoms with Gasteiger partial charge in [0.05, 0.1) is 6.61 Å². The fourth-order valence-corrected chi connectivity index (χ4v) is 2.23. The first-order valence-corrected chi connectivity index (χ1v) is 6.76. The summed E-state index contributed by atoms with van der Waals surface area (Å²) in [4.78, 5) is 12.3. The molecule has 2 N–H and O–H groups in total. The number of hydrogen-bond donors (Lipinski definition) is 1. The van der Waals surface area contributed by atoms with Crippen LogP contribution in [0.3, 0.4) is 0 Å². The monoisotopic (exact) mass is 303 g/mol. The molecule has 0 radical (unpaired) electrons. The molecule has 3 nitrogen and oxygen atoms in total. The van der Waals surface area contributed by atoms with Crippen molar-refractivity contribution < 1.29 is 22.7 Å². The predicted octanol–water partition coefficient (Wildman–Crippen LogP) is 3.10. The highest BCUT2D eigenvalue weighted by atomic mass is 19.4. The van der Waals surface area contributed by atoms with Gasteiger partial charge in [0.2, 0.25) is 0 Å². The minimum atomic E-state index is -4.35. The third-order valence-electron chi connectivity index (χ3n) is 3.42. The number of ether oxygens (including phenoxy) is 1. The third kappa shape index (κ3) is 4.46. The largest absolute Gasteiger partial charge is 0.465 e. The summed E-state index contributed by atoms with van der Waals surface area (Å²) in [5.41, 5.74) is 5.54. The van der Waals surface area contributed by atoms with Crippen LogP contribution >= 0.6 is 0 Å². The van der Waals surface area contributed by atoms with E-state index in [9.17, 15) is 18.0 Å². The van der Waals surface area contributed by atoms with Gasteiger partial charge in [-0.05, 0) is 25.8 Å². The lowest BCUT2D eigenvalue weighted by Crippen LogP contribution is -2.45. The van der Waals surface area contributed by atoms with Crippen molar-refractivity contribution in [2.24, 2.45) is 5.73 Å². The Balaban J connectivity index is 3.22. The Labute approximate surface area is 122 Å². The number of carbonyl (C=O) groups is 1. The van der Waals surface area contributed by atoms with Gasteiger partial charge < -0.3 is 10.5 Å². The molecule has 0 amide bonds. The number of carbonyl (C=O) groups excluding carboxylic acids is 1. The average Bonchev–Trinajstić information content (AvgIpc) is 2.39. The number of alkyl halides is 3. The zero-order valence-corrected chi connectivity index (χ0v) is 12.2. The highest BCUT2D eigenvalue weighted by Crippen LogP contribution is 2.35. The van der Waals surface area contributed by atoms with E-state index in [0.29, 0.717) is 5.56 Å². The Kier molecular flexibility index (Phi) is 5.78. The van der Waals surface area contributed by atoms with Crippen LogP contribution in [0.15, 0.2) is 24.3 Å². The van der Waals surface area contributed by atoms with Gasteiger partial charge >= 0.3 is 12.1 Å². The molecule has 1 unspecified atom stereocenters. The van der Waals surface area contributed by atoms with Crippen molar-refractivity contribution in [1.82, 2.24) is 0 Å². The minimum absolute atomic E-state index is 0.0957. The highest BCUT2D eigenvalue weighted by Gasteiger charge is 2.43. The van der Waals surface area contributed by atoms with Crippen LogP contribution in [0.2, 0.25) is 0 Å². The molecule has 0 bridgehead atoms.